The van der Waals surface area contributed by atoms with Crippen molar-refractivity contribution in [2.45, 2.75) is 24.8 Å². The lowest BCUT2D eigenvalue weighted by molar-refractivity contribution is 0.00719. The molecule has 1 fully saturated rings. The highest BCUT2D eigenvalue weighted by Gasteiger charge is 2.17. The van der Waals surface area contributed by atoms with E-state index >= 15 is 0 Å². The summed E-state index contributed by atoms with van der Waals surface area (Å²) in [6.45, 7) is 1.52. The average Bonchev–Trinajstić information content (AvgIpc) is 2.48. The normalized spacial score (nSPS) is 19.5. The van der Waals surface area contributed by atoms with Crippen molar-refractivity contribution in [3.63, 3.8) is 0 Å². The third-order valence-corrected chi connectivity index (χ3v) is 3.81. The number of ether oxygens (including phenoxy) is 2. The maximum Gasteiger partial charge on any atom is 0.124 e. The van der Waals surface area contributed by atoms with E-state index in [0.717, 1.165) is 30.8 Å². The highest BCUT2D eigenvalue weighted by Crippen LogP contribution is 2.31. The van der Waals surface area contributed by atoms with E-state index in [0.29, 0.717) is 12.5 Å². The Morgan fingerprint density at radius 2 is 2.11 bits per heavy atom. The number of halogens is 1. The molecule has 3 heteroatoms. The number of hydrogen-bond donors (Lipinski definition) is 0. The molecule has 100 valence electrons. The van der Waals surface area contributed by atoms with Crippen molar-refractivity contribution in [3.8, 4) is 5.75 Å². The summed E-state index contributed by atoms with van der Waals surface area (Å²) < 4.78 is 11.5. The van der Waals surface area contributed by atoms with Crippen molar-refractivity contribution < 1.29 is 9.47 Å². The molecule has 2 aromatic rings. The Morgan fingerprint density at radius 3 is 2.89 bits per heavy atom. The van der Waals surface area contributed by atoms with E-state index < -0.39 is 0 Å². The molecule has 1 aliphatic heterocycles. The van der Waals surface area contributed by atoms with Gasteiger partial charge in [-0.15, -0.1) is 11.6 Å². The molecular formula is C16H17ClO2. The number of hydrogen-bond acceptors (Lipinski definition) is 2. The molecule has 0 aromatic heterocycles. The molecule has 2 aromatic carbocycles. The van der Waals surface area contributed by atoms with Crippen LogP contribution in [-0.4, -0.2) is 19.3 Å². The van der Waals surface area contributed by atoms with Gasteiger partial charge >= 0.3 is 0 Å². The van der Waals surface area contributed by atoms with Crippen LogP contribution in [0.3, 0.4) is 0 Å². The molecule has 0 bridgehead atoms. The average molecular weight is 277 g/mol. The van der Waals surface area contributed by atoms with Gasteiger partial charge in [0.1, 0.15) is 11.9 Å². The van der Waals surface area contributed by atoms with Gasteiger partial charge in [-0.1, -0.05) is 30.3 Å². The topological polar surface area (TPSA) is 18.5 Å². The van der Waals surface area contributed by atoms with Crippen LogP contribution >= 0.6 is 11.6 Å². The third kappa shape index (κ3) is 2.70. The Labute approximate surface area is 118 Å². The van der Waals surface area contributed by atoms with Gasteiger partial charge in [-0.3, -0.25) is 0 Å². The molecule has 1 aliphatic rings. The molecule has 2 nitrogen and oxygen atoms in total. The first-order valence-electron chi connectivity index (χ1n) is 6.69. The largest absolute Gasteiger partial charge is 0.488 e. The summed E-state index contributed by atoms with van der Waals surface area (Å²) in [5.41, 5.74) is 1.07. The molecule has 1 unspecified atom stereocenters. The molecule has 0 aliphatic carbocycles. The second-order valence-electron chi connectivity index (χ2n) is 4.85. The van der Waals surface area contributed by atoms with Crippen LogP contribution in [-0.2, 0) is 10.6 Å². The number of alkyl halides is 1. The molecule has 19 heavy (non-hydrogen) atoms. The summed E-state index contributed by atoms with van der Waals surface area (Å²) >= 11 is 6.12. The molecule has 0 amide bonds. The first-order chi connectivity index (χ1) is 9.38. The van der Waals surface area contributed by atoms with E-state index in [9.17, 15) is 0 Å². The summed E-state index contributed by atoms with van der Waals surface area (Å²) in [4.78, 5) is 0. The van der Waals surface area contributed by atoms with E-state index in [-0.39, 0.29) is 6.10 Å². The zero-order valence-electron chi connectivity index (χ0n) is 10.8. The Balaban J connectivity index is 1.93. The quantitative estimate of drug-likeness (QED) is 0.785. The predicted octanol–water partition coefficient (Wildman–Crippen LogP) is 4.14. The van der Waals surface area contributed by atoms with Gasteiger partial charge in [0, 0.05) is 12.2 Å². The van der Waals surface area contributed by atoms with Crippen LogP contribution in [0.25, 0.3) is 10.8 Å². The fourth-order valence-electron chi connectivity index (χ4n) is 2.55. The zero-order chi connectivity index (χ0) is 13.1. The molecule has 3 rings (SSSR count). The minimum atomic E-state index is 0.150. The number of fused-ring (bicyclic) bond motifs is 1. The van der Waals surface area contributed by atoms with Gasteiger partial charge in [-0.05, 0) is 29.7 Å². The molecule has 1 saturated heterocycles. The number of benzene rings is 2. The van der Waals surface area contributed by atoms with Crippen molar-refractivity contribution in [2.24, 2.45) is 0 Å². The highest BCUT2D eigenvalue weighted by molar-refractivity contribution is 6.18. The van der Waals surface area contributed by atoms with E-state index in [1.807, 2.05) is 18.2 Å². The van der Waals surface area contributed by atoms with Crippen molar-refractivity contribution in [1.82, 2.24) is 0 Å². The van der Waals surface area contributed by atoms with Crippen molar-refractivity contribution in [1.29, 1.82) is 0 Å². The minimum absolute atomic E-state index is 0.150. The lowest BCUT2D eigenvalue weighted by Crippen LogP contribution is -2.28. The molecule has 1 heterocycles. The van der Waals surface area contributed by atoms with E-state index in [4.69, 9.17) is 21.1 Å². The lowest BCUT2D eigenvalue weighted by Gasteiger charge is -2.24. The summed E-state index contributed by atoms with van der Waals surface area (Å²) in [6.07, 6.45) is 2.26. The van der Waals surface area contributed by atoms with Gasteiger partial charge in [-0.25, -0.2) is 0 Å². The van der Waals surface area contributed by atoms with Crippen molar-refractivity contribution in [3.05, 3.63) is 42.0 Å². The van der Waals surface area contributed by atoms with Gasteiger partial charge in [-0.2, -0.15) is 0 Å². The Morgan fingerprint density at radius 1 is 1.21 bits per heavy atom. The maximum atomic E-state index is 6.12. The molecule has 0 saturated carbocycles. The van der Waals surface area contributed by atoms with Gasteiger partial charge in [0.2, 0.25) is 0 Å². The second kappa shape index (κ2) is 5.81. The molecular weight excluding hydrogens is 260 g/mol. The zero-order valence-corrected chi connectivity index (χ0v) is 11.5. The Kier molecular flexibility index (Phi) is 3.90. The summed E-state index contributed by atoms with van der Waals surface area (Å²) in [7, 11) is 0. The first kappa shape index (κ1) is 12.8. The lowest BCUT2D eigenvalue weighted by atomic mass is 10.0. The highest BCUT2D eigenvalue weighted by atomic mass is 35.5. The fraction of sp³-hybridized carbons (Fsp3) is 0.375. The smallest absolute Gasteiger partial charge is 0.124 e. The monoisotopic (exact) mass is 276 g/mol. The summed E-state index contributed by atoms with van der Waals surface area (Å²) in [6, 6.07) is 12.4. The minimum Gasteiger partial charge on any atom is -0.488 e. The molecule has 0 N–H and O–H groups in total. The van der Waals surface area contributed by atoms with Crippen LogP contribution in [0.5, 0.6) is 5.75 Å². The fourth-order valence-corrected chi connectivity index (χ4v) is 2.82. The number of rotatable bonds is 3. The standard InChI is InChI=1S/C16H17ClO2/c17-10-15-14-6-2-1-4-12(14)7-8-16(15)19-13-5-3-9-18-11-13/h1-2,4,6-8,13H,3,5,9-11H2. The van der Waals surface area contributed by atoms with Crippen LogP contribution in [0, 0.1) is 0 Å². The third-order valence-electron chi connectivity index (χ3n) is 3.54. The molecule has 1 atom stereocenters. The van der Waals surface area contributed by atoms with Gasteiger partial charge < -0.3 is 9.47 Å². The Bertz CT molecular complexity index is 562. The van der Waals surface area contributed by atoms with Crippen LogP contribution in [0.4, 0.5) is 0 Å². The SMILES string of the molecule is ClCc1c(OC2CCCOC2)ccc2ccccc12. The van der Waals surface area contributed by atoms with Gasteiger partial charge in [0.15, 0.2) is 0 Å². The summed E-state index contributed by atoms with van der Waals surface area (Å²) in [5, 5.41) is 2.37. The van der Waals surface area contributed by atoms with Crippen molar-refractivity contribution in [2.75, 3.05) is 13.2 Å². The Hall–Kier alpha value is -1.25. The summed E-state index contributed by atoms with van der Waals surface area (Å²) in [5.74, 6) is 1.36. The van der Waals surface area contributed by atoms with Crippen LogP contribution < -0.4 is 4.74 Å². The first-order valence-corrected chi connectivity index (χ1v) is 7.23. The second-order valence-corrected chi connectivity index (χ2v) is 5.12. The van der Waals surface area contributed by atoms with Gasteiger partial charge in [0.05, 0.1) is 12.5 Å². The van der Waals surface area contributed by atoms with Crippen LogP contribution in [0.1, 0.15) is 18.4 Å². The maximum absolute atomic E-state index is 6.12. The van der Waals surface area contributed by atoms with E-state index in [2.05, 4.69) is 18.2 Å². The van der Waals surface area contributed by atoms with Crippen molar-refractivity contribution >= 4 is 22.4 Å². The van der Waals surface area contributed by atoms with Crippen LogP contribution in [0.15, 0.2) is 36.4 Å². The van der Waals surface area contributed by atoms with E-state index in [1.165, 1.54) is 10.8 Å². The molecule has 0 spiro atoms. The predicted molar refractivity (Wildman–Crippen MR) is 78.0 cm³/mol. The van der Waals surface area contributed by atoms with Gasteiger partial charge in [0.25, 0.3) is 0 Å². The van der Waals surface area contributed by atoms with Crippen LogP contribution in [0.2, 0.25) is 0 Å². The molecule has 0 radical (unpaired) electrons. The van der Waals surface area contributed by atoms with E-state index in [1.54, 1.807) is 0 Å².